The summed E-state index contributed by atoms with van der Waals surface area (Å²) in [5.41, 5.74) is 0.302. The Hall–Kier alpha value is -2.76. The number of hydrogen-bond acceptors (Lipinski definition) is 4. The summed E-state index contributed by atoms with van der Waals surface area (Å²) in [4.78, 5) is 26.7. The highest BCUT2D eigenvalue weighted by atomic mass is 16.6. The molecule has 6 nitrogen and oxygen atoms in total. The molecule has 0 heterocycles. The molecule has 6 heteroatoms. The van der Waals surface area contributed by atoms with Crippen molar-refractivity contribution < 1.29 is 19.1 Å². The first-order chi connectivity index (χ1) is 12.7. The molecule has 0 saturated heterocycles. The van der Waals surface area contributed by atoms with Gasteiger partial charge in [0, 0.05) is 13.1 Å². The van der Waals surface area contributed by atoms with E-state index in [-0.39, 0.29) is 5.91 Å². The number of rotatable bonds is 9. The number of hydrogen-bond donors (Lipinski definition) is 1. The number of ether oxygens (including phenoxy) is 2. The third-order valence-electron chi connectivity index (χ3n) is 3.59. The molecule has 0 radical (unpaired) electrons. The quantitative estimate of drug-likeness (QED) is 0.670. The van der Waals surface area contributed by atoms with E-state index in [1.165, 1.54) is 0 Å². The summed E-state index contributed by atoms with van der Waals surface area (Å²) >= 11 is 0. The number of methoxy groups -OCH3 is 1. The van der Waals surface area contributed by atoms with Crippen LogP contribution in [-0.4, -0.2) is 42.2 Å². The number of nitrogens with one attached hydrogen (secondary N) is 1. The summed E-state index contributed by atoms with van der Waals surface area (Å²) in [5, 5.41) is 2.64. The molecule has 1 atom stereocenters. The van der Waals surface area contributed by atoms with Crippen molar-refractivity contribution in [3.63, 3.8) is 0 Å². The van der Waals surface area contributed by atoms with Crippen LogP contribution in [0.25, 0.3) is 0 Å². The van der Waals surface area contributed by atoms with Crippen LogP contribution in [0.1, 0.15) is 32.8 Å². The van der Waals surface area contributed by atoms with Crippen LogP contribution in [0.5, 0.6) is 5.75 Å². The smallest absolute Gasteiger partial charge is 0.408 e. The maximum absolute atomic E-state index is 13.0. The van der Waals surface area contributed by atoms with Crippen LogP contribution in [-0.2, 0) is 16.1 Å². The van der Waals surface area contributed by atoms with Crippen molar-refractivity contribution in [1.82, 2.24) is 10.2 Å². The molecule has 0 aliphatic rings. The van der Waals surface area contributed by atoms with Gasteiger partial charge in [-0.3, -0.25) is 4.79 Å². The minimum absolute atomic E-state index is 0.225. The van der Waals surface area contributed by atoms with Crippen molar-refractivity contribution in [3.05, 3.63) is 55.1 Å². The van der Waals surface area contributed by atoms with Crippen molar-refractivity contribution in [2.24, 2.45) is 0 Å². The zero-order valence-corrected chi connectivity index (χ0v) is 16.7. The van der Waals surface area contributed by atoms with Crippen molar-refractivity contribution in [3.8, 4) is 5.75 Å². The Morgan fingerprint density at radius 3 is 2.30 bits per heavy atom. The fraction of sp³-hybridized carbons (Fsp3) is 0.429. The van der Waals surface area contributed by atoms with E-state index in [4.69, 9.17) is 9.47 Å². The maximum Gasteiger partial charge on any atom is 0.408 e. The molecule has 1 aromatic carbocycles. The van der Waals surface area contributed by atoms with Gasteiger partial charge in [0.25, 0.3) is 0 Å². The summed E-state index contributed by atoms with van der Waals surface area (Å²) in [6, 6.07) is 6.71. The molecular weight excluding hydrogens is 344 g/mol. The first-order valence-corrected chi connectivity index (χ1v) is 8.83. The van der Waals surface area contributed by atoms with Gasteiger partial charge in [-0.15, -0.1) is 13.2 Å². The van der Waals surface area contributed by atoms with Crippen LogP contribution in [0.4, 0.5) is 4.79 Å². The van der Waals surface area contributed by atoms with Gasteiger partial charge < -0.3 is 19.7 Å². The Kier molecular flexibility index (Phi) is 8.59. The fourth-order valence-electron chi connectivity index (χ4n) is 2.40. The van der Waals surface area contributed by atoms with E-state index in [9.17, 15) is 9.59 Å². The first kappa shape index (κ1) is 22.3. The van der Waals surface area contributed by atoms with Crippen molar-refractivity contribution in [2.45, 2.75) is 45.4 Å². The zero-order chi connectivity index (χ0) is 20.4. The topological polar surface area (TPSA) is 67.9 Å². The Morgan fingerprint density at radius 2 is 1.81 bits per heavy atom. The number of amides is 2. The average molecular weight is 374 g/mol. The van der Waals surface area contributed by atoms with Crippen LogP contribution in [0.3, 0.4) is 0 Å². The largest absolute Gasteiger partial charge is 0.497 e. The van der Waals surface area contributed by atoms with Gasteiger partial charge in [0.05, 0.1) is 7.11 Å². The standard InChI is InChI=1S/C21H30N2O4/c1-7-9-18(22-20(25)27-21(3,4)5)19(24)23(14-8-2)15-16-10-12-17(26-6)13-11-16/h7-8,10-13,18H,1-2,9,14-15H2,3-6H3,(H,22,25)/t18-/m0/s1. The van der Waals surface area contributed by atoms with Crippen LogP contribution in [0.2, 0.25) is 0 Å². The van der Waals surface area contributed by atoms with Crippen molar-refractivity contribution in [2.75, 3.05) is 13.7 Å². The third kappa shape index (κ3) is 7.98. The highest BCUT2D eigenvalue weighted by molar-refractivity contribution is 5.86. The van der Waals surface area contributed by atoms with Crippen molar-refractivity contribution in [1.29, 1.82) is 0 Å². The van der Waals surface area contributed by atoms with Crippen LogP contribution >= 0.6 is 0 Å². The number of carbonyl (C=O) groups excluding carboxylic acids is 2. The summed E-state index contributed by atoms with van der Waals surface area (Å²) < 4.78 is 10.4. The molecule has 2 amide bonds. The molecule has 1 N–H and O–H groups in total. The molecule has 1 rings (SSSR count). The summed E-state index contributed by atoms with van der Waals surface area (Å²) in [6.07, 6.45) is 2.92. The molecule has 0 saturated carbocycles. The van der Waals surface area contributed by atoms with E-state index in [0.717, 1.165) is 11.3 Å². The highest BCUT2D eigenvalue weighted by Gasteiger charge is 2.27. The Morgan fingerprint density at radius 1 is 1.19 bits per heavy atom. The van der Waals surface area contributed by atoms with Gasteiger partial charge in [0.1, 0.15) is 17.4 Å². The Labute approximate surface area is 161 Å². The zero-order valence-electron chi connectivity index (χ0n) is 16.7. The molecule has 0 aliphatic heterocycles. The molecule has 0 spiro atoms. The second-order valence-electron chi connectivity index (χ2n) is 7.08. The van der Waals surface area contributed by atoms with Crippen LogP contribution < -0.4 is 10.1 Å². The molecule has 0 fully saturated rings. The highest BCUT2D eigenvalue weighted by Crippen LogP contribution is 2.14. The maximum atomic E-state index is 13.0. The van der Waals surface area contributed by atoms with Crippen LogP contribution in [0.15, 0.2) is 49.6 Å². The number of benzene rings is 1. The predicted octanol–water partition coefficient (Wildman–Crippen LogP) is 3.68. The van der Waals surface area contributed by atoms with Crippen molar-refractivity contribution >= 4 is 12.0 Å². The van der Waals surface area contributed by atoms with Gasteiger partial charge in [0.15, 0.2) is 0 Å². The lowest BCUT2D eigenvalue weighted by molar-refractivity contribution is -0.133. The number of alkyl carbamates (subject to hydrolysis) is 1. The lowest BCUT2D eigenvalue weighted by Gasteiger charge is -2.28. The second kappa shape index (κ2) is 10.4. The van der Waals surface area contributed by atoms with Crippen LogP contribution in [0, 0.1) is 0 Å². The number of carbonyl (C=O) groups is 2. The van der Waals surface area contributed by atoms with E-state index >= 15 is 0 Å². The van der Waals surface area contributed by atoms with Gasteiger partial charge in [-0.1, -0.05) is 24.3 Å². The molecule has 0 unspecified atom stereocenters. The Bertz CT molecular complexity index is 647. The van der Waals surface area contributed by atoms with Gasteiger partial charge in [-0.2, -0.15) is 0 Å². The average Bonchev–Trinajstić information content (AvgIpc) is 2.59. The van der Waals surface area contributed by atoms with Gasteiger partial charge in [-0.05, 0) is 44.9 Å². The molecule has 27 heavy (non-hydrogen) atoms. The summed E-state index contributed by atoms with van der Waals surface area (Å²) in [6.45, 7) is 13.4. The summed E-state index contributed by atoms with van der Waals surface area (Å²) in [7, 11) is 1.60. The van der Waals surface area contributed by atoms with E-state index in [2.05, 4.69) is 18.5 Å². The monoisotopic (exact) mass is 374 g/mol. The normalized spacial score (nSPS) is 11.9. The van der Waals surface area contributed by atoms with Gasteiger partial charge >= 0.3 is 6.09 Å². The third-order valence-corrected chi connectivity index (χ3v) is 3.59. The van der Waals surface area contributed by atoms with Gasteiger partial charge in [0.2, 0.25) is 5.91 Å². The second-order valence-corrected chi connectivity index (χ2v) is 7.08. The first-order valence-electron chi connectivity index (χ1n) is 8.83. The van der Waals surface area contributed by atoms with E-state index in [1.54, 1.807) is 44.9 Å². The minimum Gasteiger partial charge on any atom is -0.497 e. The molecule has 0 bridgehead atoms. The molecule has 0 aromatic heterocycles. The minimum atomic E-state index is -0.754. The molecule has 0 aliphatic carbocycles. The molecule has 148 valence electrons. The van der Waals surface area contributed by atoms with Gasteiger partial charge in [-0.25, -0.2) is 4.79 Å². The summed E-state index contributed by atoms with van der Waals surface area (Å²) in [5.74, 6) is 0.521. The van der Waals surface area contributed by atoms with E-state index < -0.39 is 17.7 Å². The Balaban J connectivity index is 2.90. The number of nitrogens with zero attached hydrogens (tertiary/aromatic N) is 1. The fourth-order valence-corrected chi connectivity index (χ4v) is 2.40. The van der Waals surface area contributed by atoms with E-state index in [1.807, 2.05) is 24.3 Å². The van der Waals surface area contributed by atoms with E-state index in [0.29, 0.717) is 19.5 Å². The molecular formula is C21H30N2O4. The predicted molar refractivity (Wildman–Crippen MR) is 107 cm³/mol. The lowest BCUT2D eigenvalue weighted by atomic mass is 10.1. The molecule has 1 aromatic rings. The SMILES string of the molecule is C=CC[C@H](NC(=O)OC(C)(C)C)C(=O)N(CC=C)Cc1ccc(OC)cc1. The lowest BCUT2D eigenvalue weighted by Crippen LogP contribution is -2.49.